The molecule has 1 aromatic carbocycles. The third-order valence-corrected chi connectivity index (χ3v) is 4.81. The molecule has 0 radical (unpaired) electrons. The van der Waals surface area contributed by atoms with Crippen LogP contribution in [0, 0.1) is 11.3 Å². The van der Waals surface area contributed by atoms with E-state index in [1.54, 1.807) is 25.1 Å². The van der Waals surface area contributed by atoms with Gasteiger partial charge in [0.1, 0.15) is 11.8 Å². The molecule has 1 amide bonds. The summed E-state index contributed by atoms with van der Waals surface area (Å²) in [5.74, 6) is 0.495. The van der Waals surface area contributed by atoms with E-state index in [0.717, 1.165) is 26.2 Å². The topological polar surface area (TPSA) is 56.6 Å². The highest BCUT2D eigenvalue weighted by Gasteiger charge is 2.33. The highest BCUT2D eigenvalue weighted by Crippen LogP contribution is 2.23. The molecule has 0 spiro atoms. The summed E-state index contributed by atoms with van der Waals surface area (Å²) in [5.41, 5.74) is 0.462. The van der Waals surface area contributed by atoms with Gasteiger partial charge in [0.05, 0.1) is 5.56 Å². The number of carbonyl (C=O) groups is 1. The Balaban J connectivity index is 1.62. The number of amides is 1. The van der Waals surface area contributed by atoms with Crippen molar-refractivity contribution in [1.29, 1.82) is 5.26 Å². The Morgan fingerprint density at radius 2 is 2.13 bits per heavy atom. The smallest absolute Gasteiger partial charge is 0.263 e. The average molecular weight is 313 g/mol. The minimum absolute atomic E-state index is 0.0166. The van der Waals surface area contributed by atoms with Gasteiger partial charge in [-0.3, -0.25) is 9.69 Å². The molecule has 0 aromatic heterocycles. The van der Waals surface area contributed by atoms with Crippen LogP contribution in [0.4, 0.5) is 0 Å². The first-order valence-corrected chi connectivity index (χ1v) is 8.37. The number of benzene rings is 1. The van der Waals surface area contributed by atoms with Crippen LogP contribution in [0.25, 0.3) is 0 Å². The molecule has 2 saturated heterocycles. The first-order chi connectivity index (χ1) is 11.2. The Hall–Kier alpha value is -2.06. The maximum atomic E-state index is 12.7. The van der Waals surface area contributed by atoms with Crippen molar-refractivity contribution in [2.24, 2.45) is 0 Å². The van der Waals surface area contributed by atoms with Crippen LogP contribution >= 0.6 is 0 Å². The van der Waals surface area contributed by atoms with Crippen molar-refractivity contribution >= 4 is 5.91 Å². The molecule has 5 nitrogen and oxygen atoms in total. The maximum Gasteiger partial charge on any atom is 0.263 e. The Kier molecular flexibility index (Phi) is 4.82. The quantitative estimate of drug-likeness (QED) is 0.857. The molecule has 0 unspecified atom stereocenters. The van der Waals surface area contributed by atoms with E-state index in [1.807, 2.05) is 11.0 Å². The van der Waals surface area contributed by atoms with E-state index in [2.05, 4.69) is 11.0 Å². The summed E-state index contributed by atoms with van der Waals surface area (Å²) in [7, 11) is 0. The minimum atomic E-state index is -0.570. The first kappa shape index (κ1) is 15.8. The predicted octanol–water partition coefficient (Wildman–Crippen LogP) is 2.02. The fourth-order valence-corrected chi connectivity index (χ4v) is 3.52. The molecule has 0 saturated carbocycles. The Labute approximate surface area is 137 Å². The molecule has 3 rings (SSSR count). The SMILES string of the molecule is C[C@@H](Oc1ccccc1C#N)C(=O)N1CCN2CCCC[C@H]2C1. The van der Waals surface area contributed by atoms with Crippen molar-refractivity contribution in [1.82, 2.24) is 9.80 Å². The summed E-state index contributed by atoms with van der Waals surface area (Å²) in [6, 6.07) is 9.64. The Morgan fingerprint density at radius 1 is 1.30 bits per heavy atom. The zero-order valence-corrected chi connectivity index (χ0v) is 13.6. The van der Waals surface area contributed by atoms with Gasteiger partial charge in [-0.1, -0.05) is 18.6 Å². The molecular formula is C18H23N3O2. The van der Waals surface area contributed by atoms with E-state index < -0.39 is 6.10 Å². The Bertz CT molecular complexity index is 611. The molecule has 23 heavy (non-hydrogen) atoms. The number of fused-ring (bicyclic) bond motifs is 1. The minimum Gasteiger partial charge on any atom is -0.480 e. The number of para-hydroxylation sites is 1. The summed E-state index contributed by atoms with van der Waals surface area (Å²) < 4.78 is 5.76. The van der Waals surface area contributed by atoms with Gasteiger partial charge in [0.2, 0.25) is 0 Å². The lowest BCUT2D eigenvalue weighted by Crippen LogP contribution is -2.57. The number of hydrogen-bond donors (Lipinski definition) is 0. The van der Waals surface area contributed by atoms with E-state index in [4.69, 9.17) is 10.00 Å². The van der Waals surface area contributed by atoms with Crippen LogP contribution in [0.1, 0.15) is 31.7 Å². The van der Waals surface area contributed by atoms with Gasteiger partial charge in [0.25, 0.3) is 5.91 Å². The van der Waals surface area contributed by atoms with Gasteiger partial charge < -0.3 is 9.64 Å². The zero-order chi connectivity index (χ0) is 16.2. The number of nitrogens with zero attached hydrogens (tertiary/aromatic N) is 3. The van der Waals surface area contributed by atoms with Crippen molar-refractivity contribution in [3.63, 3.8) is 0 Å². The van der Waals surface area contributed by atoms with Crippen LogP contribution in [0.15, 0.2) is 24.3 Å². The summed E-state index contributed by atoms with van der Waals surface area (Å²) >= 11 is 0. The van der Waals surface area contributed by atoms with Crippen LogP contribution < -0.4 is 4.74 Å². The van der Waals surface area contributed by atoms with Gasteiger partial charge in [-0.15, -0.1) is 0 Å². The van der Waals surface area contributed by atoms with Gasteiger partial charge in [0.15, 0.2) is 6.10 Å². The largest absolute Gasteiger partial charge is 0.480 e. The molecule has 122 valence electrons. The fraction of sp³-hybridized carbons (Fsp3) is 0.556. The molecule has 2 heterocycles. The van der Waals surface area contributed by atoms with Crippen LogP contribution in [-0.2, 0) is 4.79 Å². The molecule has 0 bridgehead atoms. The standard InChI is InChI=1S/C18H23N3O2/c1-14(23-17-8-3-2-6-15(17)12-19)18(22)21-11-10-20-9-5-4-7-16(20)13-21/h2-3,6,8,14,16H,4-5,7,9-11,13H2,1H3/t14-,16+/m1/s1. The fourth-order valence-electron chi connectivity index (χ4n) is 3.52. The lowest BCUT2D eigenvalue weighted by molar-refractivity contribution is -0.141. The van der Waals surface area contributed by atoms with Crippen LogP contribution in [0.2, 0.25) is 0 Å². The molecular weight excluding hydrogens is 290 g/mol. The summed E-state index contributed by atoms with van der Waals surface area (Å²) in [4.78, 5) is 17.1. The lowest BCUT2D eigenvalue weighted by Gasteiger charge is -2.44. The van der Waals surface area contributed by atoms with Gasteiger partial charge in [-0.05, 0) is 38.4 Å². The van der Waals surface area contributed by atoms with E-state index in [-0.39, 0.29) is 5.91 Å². The van der Waals surface area contributed by atoms with E-state index in [9.17, 15) is 4.79 Å². The number of piperazine rings is 1. The van der Waals surface area contributed by atoms with Crippen molar-refractivity contribution in [3.8, 4) is 11.8 Å². The maximum absolute atomic E-state index is 12.7. The normalized spacial score (nSPS) is 22.8. The summed E-state index contributed by atoms with van der Waals surface area (Å²) in [6.07, 6.45) is 3.13. The summed E-state index contributed by atoms with van der Waals surface area (Å²) in [6.45, 7) is 5.45. The molecule has 0 N–H and O–H groups in total. The zero-order valence-electron chi connectivity index (χ0n) is 13.6. The number of hydrogen-bond acceptors (Lipinski definition) is 4. The second kappa shape index (κ2) is 7.01. The molecule has 5 heteroatoms. The highest BCUT2D eigenvalue weighted by atomic mass is 16.5. The average Bonchev–Trinajstić information content (AvgIpc) is 2.61. The van der Waals surface area contributed by atoms with Crippen molar-refractivity contribution in [2.75, 3.05) is 26.2 Å². The first-order valence-electron chi connectivity index (χ1n) is 8.37. The van der Waals surface area contributed by atoms with Gasteiger partial charge in [-0.25, -0.2) is 0 Å². The van der Waals surface area contributed by atoms with Crippen LogP contribution in [0.5, 0.6) is 5.75 Å². The summed E-state index contributed by atoms with van der Waals surface area (Å²) in [5, 5.41) is 9.12. The van der Waals surface area contributed by atoms with E-state index >= 15 is 0 Å². The number of ether oxygens (including phenoxy) is 1. The third-order valence-electron chi connectivity index (χ3n) is 4.81. The molecule has 1 aromatic rings. The second-order valence-electron chi connectivity index (χ2n) is 6.34. The van der Waals surface area contributed by atoms with Crippen LogP contribution in [-0.4, -0.2) is 54.0 Å². The number of piperidine rings is 1. The van der Waals surface area contributed by atoms with Crippen molar-refractivity contribution < 1.29 is 9.53 Å². The lowest BCUT2D eigenvalue weighted by atomic mass is 9.99. The van der Waals surface area contributed by atoms with Gasteiger partial charge in [0, 0.05) is 25.7 Å². The van der Waals surface area contributed by atoms with Crippen LogP contribution in [0.3, 0.4) is 0 Å². The van der Waals surface area contributed by atoms with Crippen molar-refractivity contribution in [2.45, 2.75) is 38.3 Å². The number of carbonyl (C=O) groups excluding carboxylic acids is 1. The van der Waals surface area contributed by atoms with E-state index in [1.165, 1.54) is 19.3 Å². The molecule has 2 aliphatic rings. The predicted molar refractivity (Wildman–Crippen MR) is 87.0 cm³/mol. The van der Waals surface area contributed by atoms with Crippen molar-refractivity contribution in [3.05, 3.63) is 29.8 Å². The molecule has 2 aliphatic heterocycles. The monoisotopic (exact) mass is 313 g/mol. The second-order valence-corrected chi connectivity index (χ2v) is 6.34. The van der Waals surface area contributed by atoms with E-state index in [0.29, 0.717) is 17.4 Å². The van der Waals surface area contributed by atoms with Gasteiger partial charge in [-0.2, -0.15) is 5.26 Å². The van der Waals surface area contributed by atoms with Gasteiger partial charge >= 0.3 is 0 Å². The molecule has 2 atom stereocenters. The highest BCUT2D eigenvalue weighted by molar-refractivity contribution is 5.81. The number of rotatable bonds is 3. The number of nitriles is 1. The molecule has 0 aliphatic carbocycles. The third kappa shape index (κ3) is 3.48. The molecule has 2 fully saturated rings. The Morgan fingerprint density at radius 3 is 2.96 bits per heavy atom.